The molecule has 0 aliphatic rings. The van der Waals surface area contributed by atoms with E-state index in [0.29, 0.717) is 19.4 Å². The maximum Gasteiger partial charge on any atom is 0.306 e. The van der Waals surface area contributed by atoms with E-state index in [2.05, 4.69) is 117 Å². The topological polar surface area (TPSA) is 55.8 Å². The van der Waals surface area contributed by atoms with Crippen molar-refractivity contribution in [3.05, 3.63) is 109 Å². The van der Waals surface area contributed by atoms with Crippen LogP contribution in [0.1, 0.15) is 129 Å². The number of carbonyl (C=O) groups excluding carboxylic acids is 1. The van der Waals surface area contributed by atoms with Crippen molar-refractivity contribution in [3.63, 3.8) is 0 Å². The monoisotopic (exact) mass is 649 g/mol. The fourth-order valence-electron chi connectivity index (χ4n) is 4.42. The summed E-state index contributed by atoms with van der Waals surface area (Å²) in [6.45, 7) is 4.97. The first-order valence-corrected chi connectivity index (χ1v) is 18.5. The number of rotatable bonds is 32. The van der Waals surface area contributed by atoms with Gasteiger partial charge in [-0.2, -0.15) is 0 Å². The van der Waals surface area contributed by atoms with E-state index in [9.17, 15) is 9.90 Å². The van der Waals surface area contributed by atoms with E-state index in [0.717, 1.165) is 77.0 Å². The van der Waals surface area contributed by atoms with E-state index in [1.54, 1.807) is 0 Å². The van der Waals surface area contributed by atoms with E-state index in [-0.39, 0.29) is 19.2 Å². The molecule has 0 spiro atoms. The summed E-state index contributed by atoms with van der Waals surface area (Å²) >= 11 is 0. The third-order valence-electron chi connectivity index (χ3n) is 7.11. The zero-order valence-corrected chi connectivity index (χ0v) is 30.0. The number of ether oxygens (including phenoxy) is 2. The largest absolute Gasteiger partial charge is 0.457 e. The van der Waals surface area contributed by atoms with Gasteiger partial charge in [-0.1, -0.05) is 149 Å². The van der Waals surface area contributed by atoms with Gasteiger partial charge in [-0.05, 0) is 83.5 Å². The predicted octanol–water partition coefficient (Wildman–Crippen LogP) is 12.0. The summed E-state index contributed by atoms with van der Waals surface area (Å²) in [5, 5.41) is 9.54. The van der Waals surface area contributed by atoms with Crippen molar-refractivity contribution in [1.82, 2.24) is 0 Å². The summed E-state index contributed by atoms with van der Waals surface area (Å²) in [6.07, 6.45) is 57.2. The number of aliphatic hydroxyl groups is 1. The fourth-order valence-corrected chi connectivity index (χ4v) is 4.42. The van der Waals surface area contributed by atoms with Crippen LogP contribution < -0.4 is 0 Å². The summed E-state index contributed by atoms with van der Waals surface area (Å²) in [5.41, 5.74) is 0. The number of hydrogen-bond donors (Lipinski definition) is 1. The van der Waals surface area contributed by atoms with Crippen molar-refractivity contribution in [3.8, 4) is 0 Å². The Labute approximate surface area is 289 Å². The normalized spacial score (nSPS) is 13.7. The number of aliphatic hydroxyl groups excluding tert-OH is 1. The highest BCUT2D eigenvalue weighted by Gasteiger charge is 2.13. The molecule has 0 amide bonds. The zero-order chi connectivity index (χ0) is 34.1. The Morgan fingerprint density at radius 2 is 0.894 bits per heavy atom. The van der Waals surface area contributed by atoms with Crippen LogP contribution in [-0.4, -0.2) is 37.0 Å². The molecule has 1 N–H and O–H groups in total. The van der Waals surface area contributed by atoms with Gasteiger partial charge < -0.3 is 14.6 Å². The van der Waals surface area contributed by atoms with Crippen LogP contribution in [0.2, 0.25) is 0 Å². The third-order valence-corrected chi connectivity index (χ3v) is 7.11. The van der Waals surface area contributed by atoms with Crippen LogP contribution in [0.3, 0.4) is 0 Å². The molecule has 1 unspecified atom stereocenters. The Hall–Kier alpha value is -2.95. The fraction of sp³-hybridized carbons (Fsp3) is 0.558. The molecular weight excluding hydrogens is 580 g/mol. The molecule has 1 atom stereocenters. The van der Waals surface area contributed by atoms with E-state index >= 15 is 0 Å². The maximum absolute atomic E-state index is 12.1. The lowest BCUT2D eigenvalue weighted by Crippen LogP contribution is -2.27. The zero-order valence-electron chi connectivity index (χ0n) is 30.0. The highest BCUT2D eigenvalue weighted by Crippen LogP contribution is 2.09. The minimum atomic E-state index is -0.587. The van der Waals surface area contributed by atoms with Crippen LogP contribution in [-0.2, 0) is 14.3 Å². The summed E-state index contributed by atoms with van der Waals surface area (Å²) < 4.78 is 11.0. The Morgan fingerprint density at radius 1 is 0.511 bits per heavy atom. The predicted molar refractivity (Wildman–Crippen MR) is 204 cm³/mol. The van der Waals surface area contributed by atoms with Crippen molar-refractivity contribution < 1.29 is 19.4 Å². The molecule has 0 aliphatic carbocycles. The Bertz CT molecular complexity index is 945. The molecule has 0 rings (SSSR count). The lowest BCUT2D eigenvalue weighted by Gasteiger charge is -2.15. The average Bonchev–Trinajstić information content (AvgIpc) is 3.08. The van der Waals surface area contributed by atoms with Gasteiger partial charge in [0.1, 0.15) is 6.10 Å². The van der Waals surface area contributed by atoms with Crippen LogP contribution in [0.15, 0.2) is 109 Å². The average molecular weight is 649 g/mol. The van der Waals surface area contributed by atoms with E-state index < -0.39 is 6.10 Å². The smallest absolute Gasteiger partial charge is 0.306 e. The van der Waals surface area contributed by atoms with Crippen LogP contribution >= 0.6 is 0 Å². The highest BCUT2D eigenvalue weighted by molar-refractivity contribution is 5.69. The molecule has 4 heteroatoms. The summed E-state index contributed by atoms with van der Waals surface area (Å²) in [6, 6.07) is 0. The molecule has 0 aliphatic heterocycles. The van der Waals surface area contributed by atoms with Gasteiger partial charge in [0.2, 0.25) is 0 Å². The number of allylic oxidation sites excluding steroid dienone is 18. The number of hydrogen-bond acceptors (Lipinski definition) is 4. The van der Waals surface area contributed by atoms with Gasteiger partial charge in [0.15, 0.2) is 0 Å². The molecule has 0 aromatic rings. The van der Waals surface area contributed by atoms with Crippen LogP contribution in [0, 0.1) is 0 Å². The summed E-state index contributed by atoms with van der Waals surface area (Å²) in [5.74, 6) is -0.292. The molecule has 0 heterocycles. The second kappa shape index (κ2) is 39.2. The number of unbranched alkanes of at least 4 members (excludes halogenated alkanes) is 6. The van der Waals surface area contributed by atoms with Gasteiger partial charge in [0, 0.05) is 13.0 Å². The molecule has 0 aromatic heterocycles. The first kappa shape index (κ1) is 44.0. The first-order chi connectivity index (χ1) is 23.2. The molecule has 4 nitrogen and oxygen atoms in total. The van der Waals surface area contributed by atoms with Crippen molar-refractivity contribution in [2.45, 2.75) is 136 Å². The lowest BCUT2D eigenvalue weighted by atomic mass is 10.1. The van der Waals surface area contributed by atoms with Gasteiger partial charge in [-0.3, -0.25) is 4.79 Å². The molecular formula is C43H68O4. The second-order valence-corrected chi connectivity index (χ2v) is 11.5. The number of carbonyl (C=O) groups is 1. The van der Waals surface area contributed by atoms with Gasteiger partial charge in [-0.25, -0.2) is 0 Å². The second-order valence-electron chi connectivity index (χ2n) is 11.5. The van der Waals surface area contributed by atoms with E-state index in [4.69, 9.17) is 9.47 Å². The van der Waals surface area contributed by atoms with Crippen molar-refractivity contribution in [2.24, 2.45) is 0 Å². The maximum atomic E-state index is 12.1. The summed E-state index contributed by atoms with van der Waals surface area (Å²) in [4.78, 5) is 12.1. The lowest BCUT2D eigenvalue weighted by molar-refractivity contribution is -0.154. The minimum Gasteiger partial charge on any atom is -0.457 e. The molecule has 0 fully saturated rings. The van der Waals surface area contributed by atoms with Crippen molar-refractivity contribution in [2.75, 3.05) is 19.8 Å². The highest BCUT2D eigenvalue weighted by atomic mass is 16.6. The van der Waals surface area contributed by atoms with Crippen LogP contribution in [0.5, 0.6) is 0 Å². The minimum absolute atomic E-state index is 0.215. The number of esters is 1. The molecule has 0 saturated heterocycles. The van der Waals surface area contributed by atoms with Gasteiger partial charge in [-0.15, -0.1) is 0 Å². The van der Waals surface area contributed by atoms with Crippen molar-refractivity contribution >= 4 is 5.97 Å². The van der Waals surface area contributed by atoms with E-state index in [1.807, 2.05) is 6.08 Å². The summed E-state index contributed by atoms with van der Waals surface area (Å²) in [7, 11) is 0. The Morgan fingerprint density at radius 3 is 1.34 bits per heavy atom. The van der Waals surface area contributed by atoms with E-state index in [1.165, 1.54) is 25.7 Å². The molecule has 47 heavy (non-hydrogen) atoms. The molecule has 0 saturated carbocycles. The molecule has 0 aromatic carbocycles. The van der Waals surface area contributed by atoms with Gasteiger partial charge in [0.25, 0.3) is 0 Å². The Kier molecular flexibility index (Phi) is 36.8. The Balaban J connectivity index is 3.62. The first-order valence-electron chi connectivity index (χ1n) is 18.5. The molecule has 0 bridgehead atoms. The third kappa shape index (κ3) is 37.4. The van der Waals surface area contributed by atoms with Crippen molar-refractivity contribution in [1.29, 1.82) is 0 Å². The quantitative estimate of drug-likeness (QED) is 0.0448. The van der Waals surface area contributed by atoms with Gasteiger partial charge in [0.05, 0.1) is 13.2 Å². The molecule has 264 valence electrons. The van der Waals surface area contributed by atoms with Gasteiger partial charge >= 0.3 is 5.97 Å². The van der Waals surface area contributed by atoms with Crippen LogP contribution in [0.4, 0.5) is 0 Å². The SMILES string of the molecule is CC/C=C\C/C=C\C/C=C\C/C=C\C/C=C\CCCCCCCCOCC(CO)OC(=O)CC/C=C\C/C=C\C/C=C\C/C=C\CC. The standard InChI is InChI=1S/C43H68O4/c1-3-5-7-9-11-13-15-17-18-19-20-21-22-23-24-25-27-29-31-33-35-37-39-46-41-42(40-44)47-43(45)38-36-34-32-30-28-26-16-14-12-10-8-6-4-2/h5-8,11-14,17-18,20-21,23-24,26,28,32,34,42,44H,3-4,9-10,15-16,19,22,25,27,29-31,33,35-41H2,1-2H3/b7-5-,8-6-,13-11-,14-12-,18-17-,21-20-,24-23-,28-26-,34-32-. The molecule has 0 radical (unpaired) electrons. The van der Waals surface area contributed by atoms with Crippen LogP contribution in [0.25, 0.3) is 0 Å².